The molecule has 0 aliphatic heterocycles. The van der Waals surface area contributed by atoms with Crippen LogP contribution < -0.4 is 0 Å². The van der Waals surface area contributed by atoms with Crippen LogP contribution in [0.4, 0.5) is 8.78 Å². The van der Waals surface area contributed by atoms with E-state index in [2.05, 4.69) is 6.92 Å². The molecule has 1 aliphatic rings. The monoisotopic (exact) mass is 267 g/mol. The van der Waals surface area contributed by atoms with Crippen LogP contribution in [-0.4, -0.2) is 29.8 Å². The first-order chi connectivity index (χ1) is 8.91. The lowest BCUT2D eigenvalue weighted by molar-refractivity contribution is 0.0807. The Labute approximate surface area is 112 Å². The summed E-state index contributed by atoms with van der Waals surface area (Å²) in [5.41, 5.74) is -0.0382. The van der Waals surface area contributed by atoms with E-state index in [1.165, 1.54) is 18.9 Å². The summed E-state index contributed by atoms with van der Waals surface area (Å²) in [6.07, 6.45) is 2.38. The molecule has 0 heterocycles. The smallest absolute Gasteiger partial charge is 0.182 e. The van der Waals surface area contributed by atoms with Gasteiger partial charge in [-0.25, -0.2) is 8.78 Å². The first-order valence-electron chi connectivity index (χ1n) is 6.63. The molecule has 104 valence electrons. The van der Waals surface area contributed by atoms with Crippen molar-refractivity contribution in [2.75, 3.05) is 7.05 Å². The van der Waals surface area contributed by atoms with Crippen molar-refractivity contribution >= 4 is 5.78 Å². The minimum Gasteiger partial charge on any atom is -0.294 e. The van der Waals surface area contributed by atoms with Crippen LogP contribution in [0.2, 0.25) is 0 Å². The summed E-state index contributed by atoms with van der Waals surface area (Å²) in [7, 11) is 1.88. The third kappa shape index (κ3) is 3.00. The average Bonchev–Trinajstić information content (AvgIpc) is 3.19. The van der Waals surface area contributed by atoms with Crippen LogP contribution in [-0.2, 0) is 0 Å². The van der Waals surface area contributed by atoms with Crippen LogP contribution in [0.1, 0.15) is 37.0 Å². The lowest BCUT2D eigenvalue weighted by Gasteiger charge is -2.30. The number of benzene rings is 1. The van der Waals surface area contributed by atoms with E-state index in [1.807, 2.05) is 11.9 Å². The lowest BCUT2D eigenvalue weighted by Crippen LogP contribution is -2.43. The van der Waals surface area contributed by atoms with Gasteiger partial charge in [-0.05, 0) is 51.8 Å². The maximum Gasteiger partial charge on any atom is 0.182 e. The van der Waals surface area contributed by atoms with Gasteiger partial charge in [-0.1, -0.05) is 0 Å². The normalized spacial score (nSPS) is 18.4. The van der Waals surface area contributed by atoms with Crippen molar-refractivity contribution in [2.45, 2.75) is 38.8 Å². The van der Waals surface area contributed by atoms with Crippen LogP contribution in [0.3, 0.4) is 0 Å². The number of ketones is 1. The fraction of sp³-hybridized carbons (Fsp3) is 0.533. The minimum atomic E-state index is -0.788. The summed E-state index contributed by atoms with van der Waals surface area (Å²) in [5, 5.41) is 0. The molecule has 1 aromatic rings. The molecule has 19 heavy (non-hydrogen) atoms. The molecule has 0 amide bonds. The van der Waals surface area contributed by atoms with E-state index in [9.17, 15) is 13.6 Å². The molecular formula is C15H19F2NO. The van der Waals surface area contributed by atoms with Gasteiger partial charge in [-0.15, -0.1) is 0 Å². The summed E-state index contributed by atoms with van der Waals surface area (Å²) in [6, 6.07) is 2.99. The Morgan fingerprint density at radius 1 is 1.32 bits per heavy atom. The summed E-state index contributed by atoms with van der Waals surface area (Å²) < 4.78 is 26.5. The van der Waals surface area contributed by atoms with Crippen molar-refractivity contribution < 1.29 is 13.6 Å². The number of rotatable bonds is 5. The third-order valence-corrected chi connectivity index (χ3v) is 4.13. The summed E-state index contributed by atoms with van der Waals surface area (Å²) in [6.45, 7) is 3.85. The molecule has 1 aromatic carbocycles. The molecule has 2 atom stereocenters. The number of likely N-dealkylation sites (N-methyl/N-ethyl adjacent to an activating group) is 1. The molecule has 0 bridgehead atoms. The molecule has 0 N–H and O–H groups in total. The molecule has 2 nitrogen and oxygen atoms in total. The van der Waals surface area contributed by atoms with Crippen LogP contribution in [0, 0.1) is 17.6 Å². The van der Waals surface area contributed by atoms with Crippen molar-refractivity contribution in [3.05, 3.63) is 35.4 Å². The highest BCUT2D eigenvalue weighted by molar-refractivity contribution is 6.00. The molecular weight excluding hydrogens is 248 g/mol. The molecule has 1 saturated carbocycles. The second kappa shape index (κ2) is 5.37. The van der Waals surface area contributed by atoms with Crippen LogP contribution >= 0.6 is 0 Å². The predicted octanol–water partition coefficient (Wildman–Crippen LogP) is 3.27. The Morgan fingerprint density at radius 2 is 1.95 bits per heavy atom. The standard InChI is InChI=1S/C15H19F2NO/c1-9(11-4-5-11)18(3)10(2)15(19)13-7-6-12(16)8-14(13)17/h6-11H,4-5H2,1-3H3. The van der Waals surface area contributed by atoms with Gasteiger partial charge in [-0.2, -0.15) is 0 Å². The van der Waals surface area contributed by atoms with Crippen molar-refractivity contribution in [3.63, 3.8) is 0 Å². The molecule has 4 heteroatoms. The highest BCUT2D eigenvalue weighted by Gasteiger charge is 2.34. The van der Waals surface area contributed by atoms with Gasteiger partial charge in [0.15, 0.2) is 5.78 Å². The fourth-order valence-electron chi connectivity index (χ4n) is 2.36. The van der Waals surface area contributed by atoms with E-state index < -0.39 is 17.7 Å². The number of hydrogen-bond donors (Lipinski definition) is 0. The second-order valence-corrected chi connectivity index (χ2v) is 5.41. The third-order valence-electron chi connectivity index (χ3n) is 4.13. The highest BCUT2D eigenvalue weighted by Crippen LogP contribution is 2.35. The lowest BCUT2D eigenvalue weighted by atomic mass is 10.0. The quantitative estimate of drug-likeness (QED) is 0.763. The Kier molecular flexibility index (Phi) is 3.99. The van der Waals surface area contributed by atoms with Gasteiger partial charge < -0.3 is 0 Å². The zero-order valence-corrected chi connectivity index (χ0v) is 11.5. The van der Waals surface area contributed by atoms with Crippen LogP contribution in [0.15, 0.2) is 18.2 Å². The van der Waals surface area contributed by atoms with Gasteiger partial charge in [0.05, 0.1) is 11.6 Å². The Morgan fingerprint density at radius 3 is 2.47 bits per heavy atom. The van der Waals surface area contributed by atoms with Crippen molar-refractivity contribution in [2.24, 2.45) is 5.92 Å². The number of Topliss-reactive ketones (excluding diaryl/α,β-unsaturated/α-hetero) is 1. The number of carbonyl (C=O) groups excluding carboxylic acids is 1. The zero-order valence-electron chi connectivity index (χ0n) is 11.5. The molecule has 0 aromatic heterocycles. The number of nitrogens with zero attached hydrogens (tertiary/aromatic N) is 1. The highest BCUT2D eigenvalue weighted by atomic mass is 19.1. The Bertz CT molecular complexity index is 485. The van der Waals surface area contributed by atoms with E-state index >= 15 is 0 Å². The van der Waals surface area contributed by atoms with Crippen molar-refractivity contribution in [3.8, 4) is 0 Å². The minimum absolute atomic E-state index is 0.0382. The van der Waals surface area contributed by atoms with Gasteiger partial charge in [0.2, 0.25) is 0 Å². The number of hydrogen-bond acceptors (Lipinski definition) is 2. The summed E-state index contributed by atoms with van der Waals surface area (Å²) >= 11 is 0. The SMILES string of the molecule is CC(C(=O)c1ccc(F)cc1F)N(C)C(C)C1CC1. The molecule has 1 fully saturated rings. The summed E-state index contributed by atoms with van der Waals surface area (Å²) in [5.74, 6) is -1.11. The molecule has 0 saturated heterocycles. The predicted molar refractivity (Wildman–Crippen MR) is 70.1 cm³/mol. The van der Waals surface area contributed by atoms with E-state index in [4.69, 9.17) is 0 Å². The first kappa shape index (κ1) is 14.1. The summed E-state index contributed by atoms with van der Waals surface area (Å²) in [4.78, 5) is 14.2. The van der Waals surface area contributed by atoms with Gasteiger partial charge in [0.1, 0.15) is 11.6 Å². The maximum atomic E-state index is 13.6. The first-order valence-corrected chi connectivity index (χ1v) is 6.63. The van der Waals surface area contributed by atoms with Gasteiger partial charge in [0, 0.05) is 12.1 Å². The van der Waals surface area contributed by atoms with E-state index in [-0.39, 0.29) is 11.3 Å². The molecule has 2 rings (SSSR count). The second-order valence-electron chi connectivity index (χ2n) is 5.41. The Hall–Kier alpha value is -1.29. The van der Waals surface area contributed by atoms with Gasteiger partial charge in [-0.3, -0.25) is 9.69 Å². The van der Waals surface area contributed by atoms with Crippen molar-refractivity contribution in [1.82, 2.24) is 4.90 Å². The molecule has 1 aliphatic carbocycles. The van der Waals surface area contributed by atoms with Gasteiger partial charge in [0.25, 0.3) is 0 Å². The maximum absolute atomic E-state index is 13.6. The largest absolute Gasteiger partial charge is 0.294 e. The van der Waals surface area contributed by atoms with E-state index in [0.717, 1.165) is 12.1 Å². The topological polar surface area (TPSA) is 20.3 Å². The number of carbonyl (C=O) groups is 1. The van der Waals surface area contributed by atoms with Crippen molar-refractivity contribution in [1.29, 1.82) is 0 Å². The molecule has 0 radical (unpaired) electrons. The fourth-order valence-corrected chi connectivity index (χ4v) is 2.36. The van der Waals surface area contributed by atoms with Gasteiger partial charge >= 0.3 is 0 Å². The average molecular weight is 267 g/mol. The van der Waals surface area contributed by atoms with E-state index in [1.54, 1.807) is 6.92 Å². The molecule has 0 spiro atoms. The zero-order chi connectivity index (χ0) is 14.2. The van der Waals surface area contributed by atoms with Crippen LogP contribution in [0.5, 0.6) is 0 Å². The van der Waals surface area contributed by atoms with Crippen LogP contribution in [0.25, 0.3) is 0 Å². The Balaban J connectivity index is 2.13. The molecule has 2 unspecified atom stereocenters. The van der Waals surface area contributed by atoms with E-state index in [0.29, 0.717) is 12.0 Å². The number of halogens is 2.